The fraction of sp³-hybridized carbons (Fsp3) is 0.318. The first-order valence-electron chi connectivity index (χ1n) is 9.77. The van der Waals surface area contributed by atoms with Crippen LogP contribution >= 0.6 is 11.6 Å². The molecule has 0 atom stereocenters. The number of para-hydroxylation sites is 1. The van der Waals surface area contributed by atoms with Crippen molar-refractivity contribution in [3.05, 3.63) is 65.2 Å². The zero-order valence-corrected chi connectivity index (χ0v) is 17.0. The van der Waals surface area contributed by atoms with Gasteiger partial charge in [0.1, 0.15) is 0 Å². The van der Waals surface area contributed by atoms with Crippen LogP contribution in [0.15, 0.2) is 54.6 Å². The van der Waals surface area contributed by atoms with Gasteiger partial charge >= 0.3 is 0 Å². The largest absolute Gasteiger partial charge is 0.331 e. The molecule has 2 aromatic rings. The average molecular weight is 415 g/mol. The predicted octanol–water partition coefficient (Wildman–Crippen LogP) is 1.67. The number of carbonyl (C=O) groups is 3. The monoisotopic (exact) mass is 414 g/mol. The molecule has 3 rings (SSSR count). The van der Waals surface area contributed by atoms with E-state index in [4.69, 9.17) is 11.6 Å². The van der Waals surface area contributed by atoms with Crippen molar-refractivity contribution < 1.29 is 19.3 Å². The number of nitrogens with one attached hydrogen (secondary N) is 2. The molecule has 0 aliphatic carbocycles. The number of anilines is 1. The molecule has 2 amide bonds. The van der Waals surface area contributed by atoms with Gasteiger partial charge in [-0.3, -0.25) is 14.4 Å². The van der Waals surface area contributed by atoms with Gasteiger partial charge < -0.3 is 15.1 Å². The van der Waals surface area contributed by atoms with Crippen LogP contribution in [-0.4, -0.2) is 55.2 Å². The van der Waals surface area contributed by atoms with Gasteiger partial charge in [-0.05, 0) is 12.1 Å². The Balaban J connectivity index is 1.39. The summed E-state index contributed by atoms with van der Waals surface area (Å²) in [4.78, 5) is 39.7. The van der Waals surface area contributed by atoms with Crippen molar-refractivity contribution in [1.29, 1.82) is 0 Å². The minimum absolute atomic E-state index is 0.00569. The first-order chi connectivity index (χ1) is 14.0. The lowest BCUT2D eigenvalue weighted by Crippen LogP contribution is -3.15. The molecule has 0 saturated carbocycles. The standard InChI is InChI=1S/C22H24ClN3O3/c23-18-8-4-5-9-19(18)24-21(28)16-25-12-14-26(15-13-25)22(29)11-10-20(27)17-6-2-1-3-7-17/h1-9H,10-16H2,(H,24,28)/p+1. The number of amides is 2. The van der Waals surface area contributed by atoms with Crippen molar-refractivity contribution in [2.75, 3.05) is 38.0 Å². The Bertz CT molecular complexity index is 865. The third kappa shape index (κ3) is 6.14. The third-order valence-electron chi connectivity index (χ3n) is 5.04. The van der Waals surface area contributed by atoms with Gasteiger partial charge in [0.2, 0.25) is 5.91 Å². The zero-order chi connectivity index (χ0) is 20.6. The Morgan fingerprint density at radius 2 is 1.59 bits per heavy atom. The van der Waals surface area contributed by atoms with Crippen molar-refractivity contribution in [1.82, 2.24) is 4.90 Å². The maximum atomic E-state index is 12.4. The van der Waals surface area contributed by atoms with Crippen molar-refractivity contribution >= 4 is 34.9 Å². The molecule has 1 saturated heterocycles. The van der Waals surface area contributed by atoms with E-state index in [2.05, 4.69) is 5.32 Å². The van der Waals surface area contributed by atoms with E-state index in [-0.39, 0.29) is 30.4 Å². The molecule has 6 nitrogen and oxygen atoms in total. The second kappa shape index (κ2) is 10.2. The van der Waals surface area contributed by atoms with Gasteiger partial charge in [0, 0.05) is 18.4 Å². The Hall–Kier alpha value is -2.70. The maximum absolute atomic E-state index is 12.4. The second-order valence-electron chi connectivity index (χ2n) is 7.12. The molecule has 0 spiro atoms. The van der Waals surface area contributed by atoms with Crippen LogP contribution in [0.5, 0.6) is 0 Å². The molecule has 7 heteroatoms. The number of Topliss-reactive ketones (excluding diaryl/α,β-unsaturated/α-hetero) is 1. The number of hydrogen-bond acceptors (Lipinski definition) is 3. The highest BCUT2D eigenvalue weighted by Gasteiger charge is 2.25. The van der Waals surface area contributed by atoms with Gasteiger partial charge in [0.25, 0.3) is 5.91 Å². The molecule has 0 aromatic heterocycles. The molecule has 152 valence electrons. The molecule has 29 heavy (non-hydrogen) atoms. The highest BCUT2D eigenvalue weighted by Crippen LogP contribution is 2.19. The summed E-state index contributed by atoms with van der Waals surface area (Å²) in [5, 5.41) is 3.34. The highest BCUT2D eigenvalue weighted by atomic mass is 35.5. The summed E-state index contributed by atoms with van der Waals surface area (Å²) < 4.78 is 0. The fourth-order valence-electron chi connectivity index (χ4n) is 3.38. The van der Waals surface area contributed by atoms with Gasteiger partial charge in [0.05, 0.1) is 36.9 Å². The molecule has 1 heterocycles. The summed E-state index contributed by atoms with van der Waals surface area (Å²) in [6, 6.07) is 16.2. The Kier molecular flexibility index (Phi) is 7.38. The first-order valence-corrected chi connectivity index (χ1v) is 10.1. The van der Waals surface area contributed by atoms with Crippen LogP contribution in [0.25, 0.3) is 0 Å². The smallest absolute Gasteiger partial charge is 0.279 e. The number of piperazine rings is 1. The van der Waals surface area contributed by atoms with Crippen LogP contribution in [0.3, 0.4) is 0 Å². The molecular formula is C22H25ClN3O3+. The van der Waals surface area contributed by atoms with Gasteiger partial charge in [-0.15, -0.1) is 0 Å². The number of carbonyl (C=O) groups excluding carboxylic acids is 3. The molecule has 1 aliphatic rings. The molecule has 2 N–H and O–H groups in total. The van der Waals surface area contributed by atoms with Crippen LogP contribution in [0.2, 0.25) is 5.02 Å². The van der Waals surface area contributed by atoms with Crippen LogP contribution in [0, 0.1) is 0 Å². The normalized spacial score (nSPS) is 14.4. The first kappa shape index (κ1) is 21.0. The van der Waals surface area contributed by atoms with Gasteiger partial charge in [-0.2, -0.15) is 0 Å². The van der Waals surface area contributed by atoms with E-state index >= 15 is 0 Å². The minimum atomic E-state index is -0.0960. The number of nitrogens with zero attached hydrogens (tertiary/aromatic N) is 1. The molecular weight excluding hydrogens is 390 g/mol. The summed E-state index contributed by atoms with van der Waals surface area (Å²) in [5.74, 6) is -0.116. The lowest BCUT2D eigenvalue weighted by molar-refractivity contribution is -0.895. The molecule has 0 bridgehead atoms. The van der Waals surface area contributed by atoms with E-state index in [9.17, 15) is 14.4 Å². The van der Waals surface area contributed by atoms with E-state index in [1.807, 2.05) is 30.3 Å². The lowest BCUT2D eigenvalue weighted by atomic mass is 10.1. The topological polar surface area (TPSA) is 70.9 Å². The van der Waals surface area contributed by atoms with Crippen LogP contribution in [-0.2, 0) is 9.59 Å². The Labute approximate surface area is 175 Å². The lowest BCUT2D eigenvalue weighted by Gasteiger charge is -2.32. The molecule has 1 fully saturated rings. The number of benzene rings is 2. The SMILES string of the molecule is O=C(C[NH+]1CCN(C(=O)CCC(=O)c2ccccc2)CC1)Nc1ccccc1Cl. The van der Waals surface area contributed by atoms with Crippen molar-refractivity contribution in [3.8, 4) is 0 Å². The quantitative estimate of drug-likeness (QED) is 0.677. The van der Waals surface area contributed by atoms with Crippen molar-refractivity contribution in [3.63, 3.8) is 0 Å². The number of halogens is 1. The van der Waals surface area contributed by atoms with Gasteiger partial charge in [-0.1, -0.05) is 54.1 Å². The second-order valence-corrected chi connectivity index (χ2v) is 7.53. The van der Waals surface area contributed by atoms with E-state index in [0.717, 1.165) is 4.90 Å². The summed E-state index contributed by atoms with van der Waals surface area (Å²) in [5.41, 5.74) is 1.24. The minimum Gasteiger partial charge on any atom is -0.331 e. The van der Waals surface area contributed by atoms with Crippen LogP contribution in [0.4, 0.5) is 5.69 Å². The summed E-state index contributed by atoms with van der Waals surface area (Å²) in [7, 11) is 0. The molecule has 1 aliphatic heterocycles. The highest BCUT2D eigenvalue weighted by molar-refractivity contribution is 6.33. The third-order valence-corrected chi connectivity index (χ3v) is 5.37. The Morgan fingerprint density at radius 3 is 2.28 bits per heavy atom. The van der Waals surface area contributed by atoms with Crippen molar-refractivity contribution in [2.24, 2.45) is 0 Å². The number of rotatable bonds is 7. The molecule has 0 unspecified atom stereocenters. The number of quaternary nitrogens is 1. The molecule has 0 radical (unpaired) electrons. The van der Waals surface area contributed by atoms with Crippen LogP contribution < -0.4 is 10.2 Å². The average Bonchev–Trinajstić information content (AvgIpc) is 2.74. The van der Waals surface area contributed by atoms with Crippen LogP contribution in [0.1, 0.15) is 23.2 Å². The van der Waals surface area contributed by atoms with Gasteiger partial charge in [-0.25, -0.2) is 0 Å². The summed E-state index contributed by atoms with van der Waals surface area (Å²) in [6.45, 7) is 2.92. The fourth-order valence-corrected chi connectivity index (χ4v) is 3.56. The number of ketones is 1. The zero-order valence-electron chi connectivity index (χ0n) is 16.2. The Morgan fingerprint density at radius 1 is 0.931 bits per heavy atom. The van der Waals surface area contributed by atoms with E-state index < -0.39 is 0 Å². The van der Waals surface area contributed by atoms with Crippen molar-refractivity contribution in [2.45, 2.75) is 12.8 Å². The molecule has 2 aromatic carbocycles. The number of hydrogen-bond donors (Lipinski definition) is 2. The summed E-state index contributed by atoms with van der Waals surface area (Å²) in [6.07, 6.45) is 0.437. The van der Waals surface area contributed by atoms with E-state index in [0.29, 0.717) is 49.0 Å². The van der Waals surface area contributed by atoms with E-state index in [1.54, 1.807) is 29.2 Å². The van der Waals surface area contributed by atoms with E-state index in [1.165, 1.54) is 0 Å². The maximum Gasteiger partial charge on any atom is 0.279 e. The van der Waals surface area contributed by atoms with Gasteiger partial charge in [0.15, 0.2) is 12.3 Å². The summed E-state index contributed by atoms with van der Waals surface area (Å²) >= 11 is 6.07. The predicted molar refractivity (Wildman–Crippen MR) is 112 cm³/mol.